The number of carbonyl (C=O) groups is 1. The number of hydrogen-bond acceptors (Lipinski definition) is 2. The van der Waals surface area contributed by atoms with Crippen LogP contribution in [0.4, 0.5) is 10.5 Å². The molecule has 1 aliphatic heterocycles. The molecule has 2 atom stereocenters. The van der Waals surface area contributed by atoms with Crippen LogP contribution in [0.15, 0.2) is 18.2 Å². The van der Waals surface area contributed by atoms with Crippen molar-refractivity contribution in [1.29, 1.82) is 0 Å². The van der Waals surface area contributed by atoms with E-state index in [1.807, 2.05) is 4.90 Å². The zero-order valence-corrected chi connectivity index (χ0v) is 11.0. The number of carbonyl (C=O) groups excluding carboxylic acids is 1. The van der Waals surface area contributed by atoms with Gasteiger partial charge in [0, 0.05) is 12.0 Å². The van der Waals surface area contributed by atoms with Crippen LogP contribution in [0.3, 0.4) is 0 Å². The van der Waals surface area contributed by atoms with Gasteiger partial charge in [-0.1, -0.05) is 30.5 Å². The minimum absolute atomic E-state index is 0.213. The fourth-order valence-corrected chi connectivity index (χ4v) is 3.48. The molecule has 1 amide bonds. The summed E-state index contributed by atoms with van der Waals surface area (Å²) in [5.41, 5.74) is 3.67. The molecule has 0 bridgehead atoms. The topological polar surface area (TPSA) is 29.5 Å². The highest BCUT2D eigenvalue weighted by Gasteiger charge is 2.43. The number of amides is 1. The van der Waals surface area contributed by atoms with Crippen molar-refractivity contribution in [3.05, 3.63) is 29.3 Å². The summed E-state index contributed by atoms with van der Waals surface area (Å²) < 4.78 is 4.96. The first-order valence-electron chi connectivity index (χ1n) is 6.70. The van der Waals surface area contributed by atoms with Gasteiger partial charge in [0.2, 0.25) is 0 Å². The standard InChI is InChI=1S/C15H19NO2/c1-10-7-8-14-12(9-10)11-5-3-4-6-13(11)16(14)15(17)18-2/h7-9,11,13H,3-6H2,1-2H3/t11-,13+/m0/s1. The van der Waals surface area contributed by atoms with E-state index in [2.05, 4.69) is 25.1 Å². The fraction of sp³-hybridized carbons (Fsp3) is 0.533. The highest BCUT2D eigenvalue weighted by Crippen LogP contribution is 2.48. The number of nitrogens with zero attached hydrogens (tertiary/aromatic N) is 1. The third kappa shape index (κ3) is 1.61. The average molecular weight is 245 g/mol. The van der Waals surface area contributed by atoms with Gasteiger partial charge in [0.1, 0.15) is 0 Å². The average Bonchev–Trinajstić information content (AvgIpc) is 2.72. The van der Waals surface area contributed by atoms with Crippen LogP contribution < -0.4 is 4.90 Å². The van der Waals surface area contributed by atoms with Crippen molar-refractivity contribution in [2.45, 2.75) is 44.6 Å². The molecule has 0 N–H and O–H groups in total. The number of methoxy groups -OCH3 is 1. The van der Waals surface area contributed by atoms with Crippen LogP contribution in [0.25, 0.3) is 0 Å². The third-order valence-corrected chi connectivity index (χ3v) is 4.27. The Morgan fingerprint density at radius 1 is 1.33 bits per heavy atom. The van der Waals surface area contributed by atoms with Crippen LogP contribution in [0, 0.1) is 6.92 Å². The lowest BCUT2D eigenvalue weighted by molar-refractivity contribution is 0.174. The molecule has 3 heteroatoms. The smallest absolute Gasteiger partial charge is 0.414 e. The number of ether oxygens (including phenoxy) is 1. The number of benzene rings is 1. The first-order valence-corrected chi connectivity index (χ1v) is 6.70. The second kappa shape index (κ2) is 4.30. The van der Waals surface area contributed by atoms with Crippen LogP contribution in [0.5, 0.6) is 0 Å². The first-order chi connectivity index (χ1) is 8.72. The minimum Gasteiger partial charge on any atom is -0.452 e. The lowest BCUT2D eigenvalue weighted by atomic mass is 9.82. The maximum Gasteiger partial charge on any atom is 0.414 e. The van der Waals surface area contributed by atoms with Gasteiger partial charge < -0.3 is 4.74 Å². The normalized spacial score (nSPS) is 25.6. The monoisotopic (exact) mass is 245 g/mol. The van der Waals surface area contributed by atoms with Crippen molar-refractivity contribution in [1.82, 2.24) is 0 Å². The molecule has 3 nitrogen and oxygen atoms in total. The Kier molecular flexibility index (Phi) is 2.77. The summed E-state index contributed by atoms with van der Waals surface area (Å²) in [6.45, 7) is 2.11. The molecule has 0 radical (unpaired) electrons. The van der Waals surface area contributed by atoms with Crippen LogP contribution in [-0.4, -0.2) is 19.2 Å². The van der Waals surface area contributed by atoms with E-state index in [4.69, 9.17) is 4.74 Å². The Morgan fingerprint density at radius 2 is 2.11 bits per heavy atom. The Hall–Kier alpha value is -1.51. The van der Waals surface area contributed by atoms with Gasteiger partial charge in [-0.2, -0.15) is 0 Å². The summed E-state index contributed by atoms with van der Waals surface area (Å²) in [6.07, 6.45) is 4.54. The van der Waals surface area contributed by atoms with Crippen LogP contribution >= 0.6 is 0 Å². The van der Waals surface area contributed by atoms with Crippen molar-refractivity contribution >= 4 is 11.8 Å². The lowest BCUT2D eigenvalue weighted by Gasteiger charge is -2.31. The van der Waals surface area contributed by atoms with E-state index in [0.29, 0.717) is 12.0 Å². The van der Waals surface area contributed by atoms with Crippen LogP contribution in [-0.2, 0) is 4.74 Å². The Bertz CT molecular complexity index is 483. The summed E-state index contributed by atoms with van der Waals surface area (Å²) >= 11 is 0. The predicted octanol–water partition coefficient (Wildman–Crippen LogP) is 3.61. The summed E-state index contributed by atoms with van der Waals surface area (Å²) in [7, 11) is 1.46. The van der Waals surface area contributed by atoms with Crippen LogP contribution in [0.2, 0.25) is 0 Å². The van der Waals surface area contributed by atoms with E-state index in [9.17, 15) is 4.79 Å². The second-order valence-corrected chi connectivity index (χ2v) is 5.36. The maximum absolute atomic E-state index is 12.0. The molecule has 1 heterocycles. The number of hydrogen-bond donors (Lipinski definition) is 0. The van der Waals surface area contributed by atoms with E-state index >= 15 is 0 Å². The quantitative estimate of drug-likeness (QED) is 0.698. The molecule has 1 aromatic carbocycles. The van der Waals surface area contributed by atoms with E-state index < -0.39 is 0 Å². The molecule has 0 unspecified atom stereocenters. The Labute approximate surface area is 108 Å². The zero-order valence-electron chi connectivity index (χ0n) is 11.0. The van der Waals surface area contributed by atoms with Gasteiger partial charge in [-0.15, -0.1) is 0 Å². The van der Waals surface area contributed by atoms with Gasteiger partial charge in [-0.25, -0.2) is 4.79 Å². The van der Waals surface area contributed by atoms with Crippen molar-refractivity contribution < 1.29 is 9.53 Å². The van der Waals surface area contributed by atoms with Crippen molar-refractivity contribution in [3.8, 4) is 0 Å². The number of aryl methyl sites for hydroxylation is 1. The van der Waals surface area contributed by atoms with E-state index in [-0.39, 0.29) is 6.09 Å². The van der Waals surface area contributed by atoms with Gasteiger partial charge in [0.25, 0.3) is 0 Å². The number of fused-ring (bicyclic) bond motifs is 3. The lowest BCUT2D eigenvalue weighted by Crippen LogP contribution is -2.40. The van der Waals surface area contributed by atoms with E-state index in [1.165, 1.54) is 37.5 Å². The molecule has 18 heavy (non-hydrogen) atoms. The van der Waals surface area contributed by atoms with Gasteiger partial charge >= 0.3 is 6.09 Å². The Balaban J connectivity index is 2.08. The van der Waals surface area contributed by atoms with Gasteiger partial charge in [-0.3, -0.25) is 4.90 Å². The molecule has 1 aromatic rings. The number of rotatable bonds is 0. The Morgan fingerprint density at radius 3 is 2.89 bits per heavy atom. The van der Waals surface area contributed by atoms with Gasteiger partial charge in [0.05, 0.1) is 12.8 Å². The first kappa shape index (κ1) is 11.6. The highest BCUT2D eigenvalue weighted by atomic mass is 16.5. The van der Waals surface area contributed by atoms with Crippen molar-refractivity contribution in [2.24, 2.45) is 0 Å². The molecule has 3 rings (SSSR count). The summed E-state index contributed by atoms with van der Waals surface area (Å²) in [5.74, 6) is 0.507. The van der Waals surface area contributed by atoms with E-state index in [0.717, 1.165) is 12.1 Å². The van der Waals surface area contributed by atoms with Crippen LogP contribution in [0.1, 0.15) is 42.7 Å². The second-order valence-electron chi connectivity index (χ2n) is 5.36. The van der Waals surface area contributed by atoms with E-state index in [1.54, 1.807) is 0 Å². The molecular weight excluding hydrogens is 226 g/mol. The largest absolute Gasteiger partial charge is 0.452 e. The molecule has 0 spiro atoms. The minimum atomic E-state index is -0.213. The molecule has 1 saturated carbocycles. The SMILES string of the molecule is COC(=O)N1c2ccc(C)cc2[C@@H]2CCCC[C@H]21. The molecule has 1 fully saturated rings. The zero-order chi connectivity index (χ0) is 12.7. The predicted molar refractivity (Wildman–Crippen MR) is 71.1 cm³/mol. The maximum atomic E-state index is 12.0. The fourth-order valence-electron chi connectivity index (χ4n) is 3.48. The molecule has 0 aromatic heterocycles. The highest BCUT2D eigenvalue weighted by molar-refractivity contribution is 5.92. The summed E-state index contributed by atoms with van der Waals surface area (Å²) in [5, 5.41) is 0. The molecule has 1 aliphatic carbocycles. The molecular formula is C15H19NO2. The summed E-state index contributed by atoms with van der Waals surface area (Å²) in [4.78, 5) is 13.9. The molecule has 0 saturated heterocycles. The molecule has 96 valence electrons. The van der Waals surface area contributed by atoms with Crippen molar-refractivity contribution in [2.75, 3.05) is 12.0 Å². The third-order valence-electron chi connectivity index (χ3n) is 4.27. The van der Waals surface area contributed by atoms with Gasteiger partial charge in [0.15, 0.2) is 0 Å². The number of anilines is 1. The molecule has 2 aliphatic rings. The summed E-state index contributed by atoms with van der Waals surface area (Å²) in [6, 6.07) is 6.69. The van der Waals surface area contributed by atoms with Gasteiger partial charge in [-0.05, 0) is 31.4 Å². The van der Waals surface area contributed by atoms with Crippen molar-refractivity contribution in [3.63, 3.8) is 0 Å².